The molecule has 0 saturated carbocycles. The van der Waals surface area contributed by atoms with Gasteiger partial charge in [-0.15, -0.1) is 0 Å². The molecule has 2 aromatic heterocycles. The van der Waals surface area contributed by atoms with Crippen LogP contribution in [0.25, 0.3) is 21.8 Å². The first-order chi connectivity index (χ1) is 23.3. The molecule has 4 heterocycles. The molecule has 0 bridgehead atoms. The smallest absolute Gasteiger partial charge is 0.286 e. The van der Waals surface area contributed by atoms with E-state index in [-0.39, 0.29) is 18.4 Å². The number of hydrogen-bond acceptors (Lipinski definition) is 6. The minimum absolute atomic E-state index is 0.175. The van der Waals surface area contributed by atoms with Crippen LogP contribution in [0, 0.1) is 6.92 Å². The first-order valence-electron chi connectivity index (χ1n) is 15.5. The van der Waals surface area contributed by atoms with Crippen molar-refractivity contribution in [1.29, 1.82) is 0 Å². The lowest BCUT2D eigenvalue weighted by atomic mass is 9.95. The fraction of sp³-hybridized carbons (Fsp3) is 0.162. The van der Waals surface area contributed by atoms with Crippen molar-refractivity contribution in [1.82, 2.24) is 25.3 Å². The number of H-pyrrole nitrogens is 1. The van der Waals surface area contributed by atoms with E-state index in [2.05, 4.69) is 20.4 Å². The Bertz CT molecular complexity index is 2290. The number of aryl methyl sites for hydroxylation is 1. The zero-order valence-electron chi connectivity index (χ0n) is 26.4. The molecular weight excluding hydrogens is 610 g/mol. The SMILES string of the molecule is Cc1c(C2c3ccccc3C(=O)N2C(C)C(=O)NNC(=O)c2cc3cc(Oc4ccc5c(c4)OCO5)ccc3[nH]2)c2ccccc2n1C. The quantitative estimate of drug-likeness (QED) is 0.195. The Morgan fingerprint density at radius 3 is 2.54 bits per heavy atom. The first kappa shape index (κ1) is 29.2. The number of benzene rings is 4. The minimum atomic E-state index is -0.910. The summed E-state index contributed by atoms with van der Waals surface area (Å²) in [6.07, 6.45) is 0. The van der Waals surface area contributed by atoms with Crippen molar-refractivity contribution in [2.24, 2.45) is 7.05 Å². The van der Waals surface area contributed by atoms with Crippen LogP contribution in [0.4, 0.5) is 0 Å². The molecule has 6 aromatic rings. The van der Waals surface area contributed by atoms with E-state index in [1.807, 2.05) is 56.4 Å². The average molecular weight is 642 g/mol. The number of hydrogen-bond donors (Lipinski definition) is 3. The van der Waals surface area contributed by atoms with Gasteiger partial charge in [0.05, 0.1) is 6.04 Å². The molecular formula is C37H31N5O6. The van der Waals surface area contributed by atoms with Crippen molar-refractivity contribution in [2.75, 3.05) is 6.79 Å². The lowest BCUT2D eigenvalue weighted by Crippen LogP contribution is -2.52. The van der Waals surface area contributed by atoms with Crippen LogP contribution in [0.15, 0.2) is 91.0 Å². The molecule has 240 valence electrons. The monoisotopic (exact) mass is 641 g/mol. The van der Waals surface area contributed by atoms with Gasteiger partial charge < -0.3 is 28.7 Å². The van der Waals surface area contributed by atoms with Crippen molar-refractivity contribution in [3.8, 4) is 23.0 Å². The van der Waals surface area contributed by atoms with Gasteiger partial charge in [0.15, 0.2) is 11.5 Å². The second kappa shape index (κ2) is 11.2. The summed E-state index contributed by atoms with van der Waals surface area (Å²) in [4.78, 5) is 45.3. The molecule has 0 saturated heterocycles. The summed E-state index contributed by atoms with van der Waals surface area (Å²) in [7, 11) is 2.00. The summed E-state index contributed by atoms with van der Waals surface area (Å²) >= 11 is 0. The Morgan fingerprint density at radius 1 is 0.917 bits per heavy atom. The van der Waals surface area contributed by atoms with Gasteiger partial charge in [-0.2, -0.15) is 0 Å². The summed E-state index contributed by atoms with van der Waals surface area (Å²) in [6, 6.07) is 26.5. The van der Waals surface area contributed by atoms with Gasteiger partial charge in [-0.1, -0.05) is 36.4 Å². The van der Waals surface area contributed by atoms with E-state index in [0.717, 1.165) is 33.1 Å². The van der Waals surface area contributed by atoms with Crippen molar-refractivity contribution in [2.45, 2.75) is 25.9 Å². The van der Waals surface area contributed by atoms with E-state index in [1.165, 1.54) is 0 Å². The Balaban J connectivity index is 1.000. The minimum Gasteiger partial charge on any atom is -0.457 e. The lowest BCUT2D eigenvalue weighted by Gasteiger charge is -2.31. The molecule has 3 amide bonds. The number of nitrogens with one attached hydrogen (secondary N) is 3. The highest BCUT2D eigenvalue weighted by Gasteiger charge is 2.44. The molecule has 3 N–H and O–H groups in total. The van der Waals surface area contributed by atoms with Crippen molar-refractivity contribution < 1.29 is 28.6 Å². The lowest BCUT2D eigenvalue weighted by molar-refractivity contribution is -0.126. The van der Waals surface area contributed by atoms with E-state index in [0.29, 0.717) is 34.1 Å². The molecule has 8 rings (SSSR count). The second-order valence-corrected chi connectivity index (χ2v) is 11.9. The highest BCUT2D eigenvalue weighted by Crippen LogP contribution is 2.44. The fourth-order valence-electron chi connectivity index (χ4n) is 6.72. The number of ether oxygens (including phenoxy) is 3. The van der Waals surface area contributed by atoms with Gasteiger partial charge in [0, 0.05) is 51.7 Å². The predicted molar refractivity (Wildman–Crippen MR) is 178 cm³/mol. The highest BCUT2D eigenvalue weighted by atomic mass is 16.7. The molecule has 4 aromatic carbocycles. The van der Waals surface area contributed by atoms with Gasteiger partial charge in [0.25, 0.3) is 17.7 Å². The Kier molecular flexibility index (Phi) is 6.83. The van der Waals surface area contributed by atoms with Gasteiger partial charge in [0.1, 0.15) is 23.2 Å². The third-order valence-corrected chi connectivity index (χ3v) is 9.23. The van der Waals surface area contributed by atoms with Crippen LogP contribution in [-0.4, -0.2) is 45.0 Å². The number of carbonyl (C=O) groups excluding carboxylic acids is 3. The number of aromatic amines is 1. The Labute approximate surface area is 275 Å². The largest absolute Gasteiger partial charge is 0.457 e. The van der Waals surface area contributed by atoms with Crippen LogP contribution in [-0.2, 0) is 11.8 Å². The average Bonchev–Trinajstić information content (AvgIpc) is 3.87. The number of amides is 3. The Morgan fingerprint density at radius 2 is 1.67 bits per heavy atom. The predicted octanol–water partition coefficient (Wildman–Crippen LogP) is 5.88. The third-order valence-electron chi connectivity index (χ3n) is 9.23. The van der Waals surface area contributed by atoms with Gasteiger partial charge >= 0.3 is 0 Å². The summed E-state index contributed by atoms with van der Waals surface area (Å²) in [5.74, 6) is 1.13. The van der Waals surface area contributed by atoms with E-state index < -0.39 is 23.9 Å². The number of aromatic nitrogens is 2. The van der Waals surface area contributed by atoms with Crippen molar-refractivity contribution in [3.05, 3.63) is 119 Å². The molecule has 2 unspecified atom stereocenters. The molecule has 11 heteroatoms. The number of carbonyl (C=O) groups is 3. The van der Waals surface area contributed by atoms with Crippen LogP contribution in [0.3, 0.4) is 0 Å². The number of para-hydroxylation sites is 1. The zero-order valence-corrected chi connectivity index (χ0v) is 26.4. The van der Waals surface area contributed by atoms with Gasteiger partial charge in [-0.25, -0.2) is 0 Å². The normalized spacial score (nSPS) is 15.5. The van der Waals surface area contributed by atoms with Gasteiger partial charge in [-0.3, -0.25) is 25.2 Å². The Hall–Kier alpha value is -6.23. The maximum atomic E-state index is 13.9. The van der Waals surface area contributed by atoms with E-state index in [4.69, 9.17) is 14.2 Å². The van der Waals surface area contributed by atoms with E-state index in [1.54, 1.807) is 60.4 Å². The molecule has 0 fully saturated rings. The molecule has 11 nitrogen and oxygen atoms in total. The maximum absolute atomic E-state index is 13.9. The third kappa shape index (κ3) is 4.70. The van der Waals surface area contributed by atoms with Crippen LogP contribution in [0.5, 0.6) is 23.0 Å². The number of fused-ring (bicyclic) bond motifs is 4. The van der Waals surface area contributed by atoms with Crippen LogP contribution in [0.2, 0.25) is 0 Å². The summed E-state index contributed by atoms with van der Waals surface area (Å²) in [5, 5.41) is 1.76. The molecule has 0 radical (unpaired) electrons. The molecule has 2 aliphatic heterocycles. The molecule has 48 heavy (non-hydrogen) atoms. The molecule has 0 spiro atoms. The van der Waals surface area contributed by atoms with Crippen molar-refractivity contribution in [3.63, 3.8) is 0 Å². The second-order valence-electron chi connectivity index (χ2n) is 11.9. The topological polar surface area (TPSA) is 127 Å². The van der Waals surface area contributed by atoms with Crippen LogP contribution >= 0.6 is 0 Å². The zero-order chi connectivity index (χ0) is 33.1. The number of nitrogens with zero attached hydrogens (tertiary/aromatic N) is 2. The molecule has 2 atom stereocenters. The van der Waals surface area contributed by atoms with Crippen LogP contribution in [0.1, 0.15) is 50.6 Å². The molecule has 0 aliphatic carbocycles. The van der Waals surface area contributed by atoms with Crippen molar-refractivity contribution >= 4 is 39.5 Å². The number of hydrazine groups is 1. The van der Waals surface area contributed by atoms with Crippen LogP contribution < -0.4 is 25.1 Å². The maximum Gasteiger partial charge on any atom is 0.286 e. The standard InChI is InChI=1S/C37H31N5O6/c1-20-33(27-10-6-7-11-30(27)41(20)3)34-25-8-4-5-9-26(25)37(45)42(34)21(2)35(43)39-40-36(44)29-17-22-16-23(12-14-28(22)38-29)48-24-13-15-31-32(18-24)47-19-46-31/h4-18,21,34,38H,19H2,1-3H3,(H,39,43)(H,40,44). The summed E-state index contributed by atoms with van der Waals surface area (Å²) in [6.45, 7) is 3.87. The van der Waals surface area contributed by atoms with Gasteiger partial charge in [0.2, 0.25) is 6.79 Å². The van der Waals surface area contributed by atoms with E-state index in [9.17, 15) is 14.4 Å². The summed E-state index contributed by atoms with van der Waals surface area (Å²) < 4.78 is 18.9. The first-order valence-corrected chi connectivity index (χ1v) is 15.5. The highest BCUT2D eigenvalue weighted by molar-refractivity contribution is 6.04. The van der Waals surface area contributed by atoms with E-state index >= 15 is 0 Å². The van der Waals surface area contributed by atoms with Gasteiger partial charge in [-0.05, 0) is 67.9 Å². The fourth-order valence-corrected chi connectivity index (χ4v) is 6.72. The molecule has 2 aliphatic rings. The summed E-state index contributed by atoms with van der Waals surface area (Å²) in [5.41, 5.74) is 10.4. The number of rotatable bonds is 6.